The SMILES string of the molecule is Cl.NC1CCC2CN(S(=O)(=O)CC3CCCCC3)CC12. The summed E-state index contributed by atoms with van der Waals surface area (Å²) < 4.78 is 26.8. The number of nitrogens with zero attached hydrogens (tertiary/aromatic N) is 1. The zero-order chi connectivity index (χ0) is 13.5. The number of rotatable bonds is 3. The van der Waals surface area contributed by atoms with Crippen molar-refractivity contribution in [1.82, 2.24) is 4.31 Å². The fourth-order valence-electron chi connectivity index (χ4n) is 4.25. The molecule has 2 aliphatic carbocycles. The smallest absolute Gasteiger partial charge is 0.214 e. The van der Waals surface area contributed by atoms with Gasteiger partial charge in [-0.15, -0.1) is 12.4 Å². The topological polar surface area (TPSA) is 63.4 Å². The van der Waals surface area contributed by atoms with Gasteiger partial charge < -0.3 is 5.73 Å². The predicted molar refractivity (Wildman–Crippen MR) is 83.4 cm³/mol. The van der Waals surface area contributed by atoms with Gasteiger partial charge in [-0.05, 0) is 43.4 Å². The Hall–Kier alpha value is 0.160. The predicted octanol–water partition coefficient (Wildman–Crippen LogP) is 1.99. The molecule has 0 aromatic heterocycles. The monoisotopic (exact) mass is 322 g/mol. The van der Waals surface area contributed by atoms with E-state index in [1.165, 1.54) is 19.3 Å². The van der Waals surface area contributed by atoms with Crippen molar-refractivity contribution in [3.8, 4) is 0 Å². The van der Waals surface area contributed by atoms with Crippen molar-refractivity contribution in [3.05, 3.63) is 0 Å². The average molecular weight is 323 g/mol. The van der Waals surface area contributed by atoms with Crippen LogP contribution in [-0.2, 0) is 10.0 Å². The molecule has 0 bridgehead atoms. The Balaban J connectivity index is 0.00000147. The first-order valence-corrected chi connectivity index (χ1v) is 9.40. The molecule has 2 saturated carbocycles. The van der Waals surface area contributed by atoms with Crippen LogP contribution >= 0.6 is 12.4 Å². The van der Waals surface area contributed by atoms with Crippen LogP contribution in [0.25, 0.3) is 0 Å². The molecular weight excluding hydrogens is 296 g/mol. The highest BCUT2D eigenvalue weighted by Crippen LogP contribution is 2.38. The van der Waals surface area contributed by atoms with Crippen molar-refractivity contribution in [2.75, 3.05) is 18.8 Å². The summed E-state index contributed by atoms with van der Waals surface area (Å²) in [4.78, 5) is 0. The maximum absolute atomic E-state index is 12.5. The number of sulfonamides is 1. The maximum Gasteiger partial charge on any atom is 0.214 e. The van der Waals surface area contributed by atoms with Crippen LogP contribution in [0, 0.1) is 17.8 Å². The highest BCUT2D eigenvalue weighted by atomic mass is 35.5. The molecule has 1 saturated heterocycles. The molecule has 3 atom stereocenters. The van der Waals surface area contributed by atoms with Crippen LogP contribution in [0.15, 0.2) is 0 Å². The lowest BCUT2D eigenvalue weighted by molar-refractivity contribution is 0.371. The van der Waals surface area contributed by atoms with Crippen LogP contribution in [-0.4, -0.2) is 37.6 Å². The molecule has 118 valence electrons. The molecule has 3 rings (SSSR count). The molecule has 0 amide bonds. The van der Waals surface area contributed by atoms with Crippen molar-refractivity contribution in [2.24, 2.45) is 23.5 Å². The van der Waals surface area contributed by atoms with E-state index in [-0.39, 0.29) is 18.4 Å². The highest BCUT2D eigenvalue weighted by molar-refractivity contribution is 7.89. The van der Waals surface area contributed by atoms with E-state index in [0.29, 0.717) is 30.1 Å². The lowest BCUT2D eigenvalue weighted by Crippen LogP contribution is -2.36. The molecule has 2 N–H and O–H groups in total. The van der Waals surface area contributed by atoms with Gasteiger partial charge in [-0.25, -0.2) is 12.7 Å². The average Bonchev–Trinajstić information content (AvgIpc) is 2.93. The molecule has 3 aliphatic rings. The van der Waals surface area contributed by atoms with Gasteiger partial charge in [-0.2, -0.15) is 0 Å². The minimum Gasteiger partial charge on any atom is -0.327 e. The molecule has 20 heavy (non-hydrogen) atoms. The Labute approximate surface area is 128 Å². The van der Waals surface area contributed by atoms with Crippen LogP contribution in [0.1, 0.15) is 44.9 Å². The number of hydrogen-bond donors (Lipinski definition) is 1. The van der Waals surface area contributed by atoms with Crippen LogP contribution in [0.4, 0.5) is 0 Å². The van der Waals surface area contributed by atoms with Crippen molar-refractivity contribution >= 4 is 22.4 Å². The summed E-state index contributed by atoms with van der Waals surface area (Å²) in [7, 11) is -3.05. The lowest BCUT2D eigenvalue weighted by atomic mass is 9.91. The molecule has 3 unspecified atom stereocenters. The van der Waals surface area contributed by atoms with Crippen LogP contribution in [0.2, 0.25) is 0 Å². The van der Waals surface area contributed by atoms with Gasteiger partial charge in [-0.3, -0.25) is 0 Å². The summed E-state index contributed by atoms with van der Waals surface area (Å²) in [6.45, 7) is 1.41. The molecule has 0 spiro atoms. The standard InChI is InChI=1S/C14H26N2O2S.ClH/c15-14-7-6-12-8-16(9-13(12)14)19(17,18)10-11-4-2-1-3-5-11;/h11-14H,1-10,15H2;1H. The number of halogens is 1. The van der Waals surface area contributed by atoms with E-state index in [0.717, 1.165) is 32.2 Å². The molecule has 6 heteroatoms. The Morgan fingerprint density at radius 1 is 1.00 bits per heavy atom. The third-order valence-electron chi connectivity index (χ3n) is 5.44. The van der Waals surface area contributed by atoms with Crippen molar-refractivity contribution in [3.63, 3.8) is 0 Å². The van der Waals surface area contributed by atoms with Gasteiger partial charge >= 0.3 is 0 Å². The molecular formula is C14H27ClN2O2S. The fraction of sp³-hybridized carbons (Fsp3) is 1.00. The Morgan fingerprint density at radius 2 is 1.70 bits per heavy atom. The zero-order valence-electron chi connectivity index (χ0n) is 12.0. The first kappa shape index (κ1) is 16.5. The van der Waals surface area contributed by atoms with Crippen molar-refractivity contribution in [2.45, 2.75) is 51.0 Å². The third-order valence-corrected chi connectivity index (χ3v) is 7.42. The second-order valence-electron chi connectivity index (χ2n) is 6.76. The summed E-state index contributed by atoms with van der Waals surface area (Å²) in [6, 6.07) is 0.222. The minimum atomic E-state index is -3.05. The van der Waals surface area contributed by atoms with Crippen molar-refractivity contribution < 1.29 is 8.42 Å². The number of nitrogens with two attached hydrogens (primary N) is 1. The first-order chi connectivity index (χ1) is 9.06. The number of hydrogen-bond acceptors (Lipinski definition) is 3. The molecule has 1 heterocycles. The first-order valence-electron chi connectivity index (χ1n) is 7.79. The van der Waals surface area contributed by atoms with Crippen LogP contribution in [0.3, 0.4) is 0 Å². The van der Waals surface area contributed by atoms with Gasteiger partial charge in [0.2, 0.25) is 10.0 Å². The molecule has 1 aliphatic heterocycles. The van der Waals surface area contributed by atoms with Gasteiger partial charge in [0.05, 0.1) is 5.75 Å². The van der Waals surface area contributed by atoms with Crippen molar-refractivity contribution in [1.29, 1.82) is 0 Å². The maximum atomic E-state index is 12.5. The minimum absolute atomic E-state index is 0. The summed E-state index contributed by atoms with van der Waals surface area (Å²) in [5, 5.41) is 0. The summed E-state index contributed by atoms with van der Waals surface area (Å²) >= 11 is 0. The summed E-state index contributed by atoms with van der Waals surface area (Å²) in [5.74, 6) is 1.71. The fourth-order valence-corrected chi connectivity index (χ4v) is 6.21. The summed E-state index contributed by atoms with van der Waals surface area (Å²) in [5.41, 5.74) is 6.09. The Morgan fingerprint density at radius 3 is 2.35 bits per heavy atom. The van der Waals surface area contributed by atoms with E-state index in [4.69, 9.17) is 5.73 Å². The van der Waals surface area contributed by atoms with E-state index in [2.05, 4.69) is 0 Å². The van der Waals surface area contributed by atoms with E-state index in [9.17, 15) is 8.42 Å². The molecule has 0 radical (unpaired) electrons. The van der Waals surface area contributed by atoms with Gasteiger partial charge in [0.25, 0.3) is 0 Å². The van der Waals surface area contributed by atoms with E-state index in [1.54, 1.807) is 4.31 Å². The molecule has 3 fully saturated rings. The van der Waals surface area contributed by atoms with Gasteiger partial charge in [0.15, 0.2) is 0 Å². The van der Waals surface area contributed by atoms with Crippen LogP contribution in [0.5, 0.6) is 0 Å². The van der Waals surface area contributed by atoms with E-state index >= 15 is 0 Å². The van der Waals surface area contributed by atoms with Gasteiger partial charge in [0, 0.05) is 19.1 Å². The Kier molecular flexibility index (Phi) is 5.38. The molecule has 0 aromatic carbocycles. The van der Waals surface area contributed by atoms with E-state index < -0.39 is 10.0 Å². The largest absolute Gasteiger partial charge is 0.327 e. The van der Waals surface area contributed by atoms with E-state index in [1.807, 2.05) is 0 Å². The molecule has 0 aromatic rings. The third kappa shape index (κ3) is 3.32. The zero-order valence-corrected chi connectivity index (χ0v) is 13.7. The highest BCUT2D eigenvalue weighted by Gasteiger charge is 2.44. The van der Waals surface area contributed by atoms with Gasteiger partial charge in [0.1, 0.15) is 0 Å². The normalized spacial score (nSPS) is 35.8. The molecule has 4 nitrogen and oxygen atoms in total. The quantitative estimate of drug-likeness (QED) is 0.864. The summed E-state index contributed by atoms with van der Waals surface area (Å²) in [6.07, 6.45) is 8.07. The number of fused-ring (bicyclic) bond motifs is 1. The Bertz CT molecular complexity index is 423. The second-order valence-corrected chi connectivity index (χ2v) is 8.78. The lowest BCUT2D eigenvalue weighted by Gasteiger charge is -2.25. The van der Waals surface area contributed by atoms with Crippen LogP contribution < -0.4 is 5.73 Å². The van der Waals surface area contributed by atoms with Gasteiger partial charge in [-0.1, -0.05) is 19.3 Å². The second kappa shape index (κ2) is 6.51.